The van der Waals surface area contributed by atoms with Crippen LogP contribution in [-0.2, 0) is 11.8 Å². The number of aliphatic hydroxyl groups is 1. The zero-order chi connectivity index (χ0) is 25.5. The molecule has 3 aromatic rings. The Morgan fingerprint density at radius 1 is 1.23 bits per heavy atom. The molecule has 0 fully saturated rings. The molecule has 184 valence electrons. The van der Waals surface area contributed by atoms with Crippen LogP contribution in [0.2, 0.25) is 0 Å². The summed E-state index contributed by atoms with van der Waals surface area (Å²) >= 11 is 1.12. The van der Waals surface area contributed by atoms with Crippen molar-refractivity contribution in [2.24, 2.45) is 7.05 Å². The standard InChI is InChI=1S/C22H24N6O6S/c1-13-10-15(28(32)33)6-9-17(13)23-19(30)12-35-22-26-25-20(27(22)2)18(11-29)24-21(31)14-4-7-16(34-3)8-5-14/h4-10,18,29H,11-12H2,1-3H3,(H,23,30)(H,24,31). The Bertz CT molecular complexity index is 1230. The second-order valence-corrected chi connectivity index (χ2v) is 8.37. The SMILES string of the molecule is COc1ccc(C(=O)NC(CO)c2nnc(SCC(=O)Nc3ccc([N+](=O)[O-])cc3C)n2C)cc1. The molecule has 0 saturated heterocycles. The highest BCUT2D eigenvalue weighted by Crippen LogP contribution is 2.23. The Hall–Kier alpha value is -3.97. The highest BCUT2D eigenvalue weighted by Gasteiger charge is 2.22. The van der Waals surface area contributed by atoms with Gasteiger partial charge in [-0.3, -0.25) is 19.7 Å². The van der Waals surface area contributed by atoms with E-state index in [0.29, 0.717) is 33.5 Å². The maximum Gasteiger partial charge on any atom is 0.269 e. The fraction of sp³-hybridized carbons (Fsp3) is 0.273. The number of rotatable bonds is 10. The Balaban J connectivity index is 1.61. The topological polar surface area (TPSA) is 162 Å². The van der Waals surface area contributed by atoms with Gasteiger partial charge in [0.15, 0.2) is 11.0 Å². The van der Waals surface area contributed by atoms with Gasteiger partial charge in [0, 0.05) is 30.4 Å². The molecule has 2 aromatic carbocycles. The molecule has 13 heteroatoms. The van der Waals surface area contributed by atoms with Gasteiger partial charge < -0.3 is 25.0 Å². The number of carbonyl (C=O) groups excluding carboxylic acids is 2. The van der Waals surface area contributed by atoms with E-state index >= 15 is 0 Å². The van der Waals surface area contributed by atoms with Crippen LogP contribution in [0.3, 0.4) is 0 Å². The molecule has 0 radical (unpaired) electrons. The van der Waals surface area contributed by atoms with Crippen molar-refractivity contribution in [3.05, 3.63) is 69.5 Å². The lowest BCUT2D eigenvalue weighted by atomic mass is 10.2. The molecule has 3 rings (SSSR count). The molecule has 0 bridgehead atoms. The quantitative estimate of drug-likeness (QED) is 0.215. The molecule has 35 heavy (non-hydrogen) atoms. The third-order valence-corrected chi connectivity index (χ3v) is 6.07. The molecule has 3 N–H and O–H groups in total. The molecular formula is C22H24N6O6S. The molecule has 1 aromatic heterocycles. The maximum absolute atomic E-state index is 12.6. The number of methoxy groups -OCH3 is 1. The van der Waals surface area contributed by atoms with Gasteiger partial charge in [0.25, 0.3) is 11.6 Å². The van der Waals surface area contributed by atoms with Gasteiger partial charge in [-0.1, -0.05) is 11.8 Å². The normalized spacial score (nSPS) is 11.5. The number of thioether (sulfide) groups is 1. The molecule has 1 atom stereocenters. The van der Waals surface area contributed by atoms with Crippen LogP contribution in [0.25, 0.3) is 0 Å². The number of anilines is 1. The van der Waals surface area contributed by atoms with Crippen LogP contribution in [0.5, 0.6) is 5.75 Å². The van der Waals surface area contributed by atoms with Crippen LogP contribution in [0, 0.1) is 17.0 Å². The molecule has 1 unspecified atom stereocenters. The number of hydrogen-bond donors (Lipinski definition) is 3. The minimum absolute atomic E-state index is 0.00437. The summed E-state index contributed by atoms with van der Waals surface area (Å²) in [7, 11) is 3.19. The van der Waals surface area contributed by atoms with E-state index in [1.54, 1.807) is 42.8 Å². The lowest BCUT2D eigenvalue weighted by Gasteiger charge is -2.16. The zero-order valence-electron chi connectivity index (χ0n) is 19.2. The fourth-order valence-electron chi connectivity index (χ4n) is 3.15. The number of non-ortho nitro benzene ring substituents is 1. The van der Waals surface area contributed by atoms with Crippen LogP contribution >= 0.6 is 11.8 Å². The molecule has 0 aliphatic heterocycles. The first-order valence-corrected chi connectivity index (χ1v) is 11.3. The minimum Gasteiger partial charge on any atom is -0.497 e. The fourth-order valence-corrected chi connectivity index (χ4v) is 3.87. The van der Waals surface area contributed by atoms with Crippen LogP contribution in [0.15, 0.2) is 47.6 Å². The Morgan fingerprint density at radius 3 is 2.54 bits per heavy atom. The van der Waals surface area contributed by atoms with Crippen molar-refractivity contribution in [3.8, 4) is 5.75 Å². The summed E-state index contributed by atoms with van der Waals surface area (Å²) in [5.74, 6) is 0.209. The molecular weight excluding hydrogens is 476 g/mol. The Labute approximate surface area is 204 Å². The van der Waals surface area contributed by atoms with Crippen molar-refractivity contribution in [2.75, 3.05) is 24.8 Å². The number of benzene rings is 2. The number of nitro benzene ring substituents is 1. The second-order valence-electron chi connectivity index (χ2n) is 7.43. The van der Waals surface area contributed by atoms with Gasteiger partial charge in [-0.15, -0.1) is 10.2 Å². The summed E-state index contributed by atoms with van der Waals surface area (Å²) in [6, 6.07) is 9.89. The lowest BCUT2D eigenvalue weighted by molar-refractivity contribution is -0.384. The van der Waals surface area contributed by atoms with Crippen LogP contribution < -0.4 is 15.4 Å². The number of amides is 2. The minimum atomic E-state index is -0.812. The number of aromatic nitrogens is 3. The molecule has 0 saturated carbocycles. The van der Waals surface area contributed by atoms with Crippen molar-refractivity contribution in [3.63, 3.8) is 0 Å². The summed E-state index contributed by atoms with van der Waals surface area (Å²) in [6.45, 7) is 1.26. The number of hydrogen-bond acceptors (Lipinski definition) is 9. The van der Waals surface area contributed by atoms with Crippen LogP contribution in [0.1, 0.15) is 27.8 Å². The number of aryl methyl sites for hydroxylation is 1. The number of nitrogens with one attached hydrogen (secondary N) is 2. The average Bonchev–Trinajstić information content (AvgIpc) is 3.22. The van der Waals surface area contributed by atoms with E-state index in [2.05, 4.69) is 20.8 Å². The summed E-state index contributed by atoms with van der Waals surface area (Å²) in [5.41, 5.74) is 1.37. The van der Waals surface area contributed by atoms with Crippen molar-refractivity contribution in [2.45, 2.75) is 18.1 Å². The van der Waals surface area contributed by atoms with E-state index in [4.69, 9.17) is 4.74 Å². The number of carbonyl (C=O) groups is 2. The summed E-state index contributed by atoms with van der Waals surface area (Å²) in [4.78, 5) is 35.3. The Kier molecular flexibility index (Phi) is 8.39. The molecule has 0 spiro atoms. The van der Waals surface area contributed by atoms with E-state index in [9.17, 15) is 24.8 Å². The van der Waals surface area contributed by atoms with Gasteiger partial charge in [0.1, 0.15) is 11.8 Å². The van der Waals surface area contributed by atoms with Crippen molar-refractivity contribution in [1.29, 1.82) is 0 Å². The van der Waals surface area contributed by atoms with Gasteiger partial charge in [0.05, 0.1) is 24.4 Å². The molecule has 1 heterocycles. The number of nitrogens with zero attached hydrogens (tertiary/aromatic N) is 4. The van der Waals surface area contributed by atoms with Gasteiger partial charge >= 0.3 is 0 Å². The van der Waals surface area contributed by atoms with Crippen molar-refractivity contribution < 1.29 is 24.4 Å². The smallest absolute Gasteiger partial charge is 0.269 e. The lowest BCUT2D eigenvalue weighted by Crippen LogP contribution is -2.32. The van der Waals surface area contributed by atoms with E-state index in [1.165, 1.54) is 25.3 Å². The average molecular weight is 501 g/mol. The predicted molar refractivity (Wildman–Crippen MR) is 128 cm³/mol. The van der Waals surface area contributed by atoms with E-state index in [-0.39, 0.29) is 17.3 Å². The number of aliphatic hydroxyl groups excluding tert-OH is 1. The van der Waals surface area contributed by atoms with Crippen molar-refractivity contribution in [1.82, 2.24) is 20.1 Å². The van der Waals surface area contributed by atoms with Crippen molar-refractivity contribution >= 4 is 35.0 Å². The maximum atomic E-state index is 12.6. The number of nitro groups is 1. The molecule has 2 amide bonds. The van der Waals surface area contributed by atoms with E-state index in [0.717, 1.165) is 11.8 Å². The molecule has 0 aliphatic rings. The van der Waals surface area contributed by atoms with E-state index in [1.807, 2.05) is 0 Å². The monoisotopic (exact) mass is 500 g/mol. The highest BCUT2D eigenvalue weighted by molar-refractivity contribution is 7.99. The summed E-state index contributed by atoms with van der Waals surface area (Å²) in [5, 5.41) is 34.6. The van der Waals surface area contributed by atoms with Crippen LogP contribution in [-0.4, -0.2) is 56.1 Å². The van der Waals surface area contributed by atoms with Gasteiger partial charge in [-0.05, 0) is 42.8 Å². The van der Waals surface area contributed by atoms with Crippen LogP contribution in [0.4, 0.5) is 11.4 Å². The highest BCUT2D eigenvalue weighted by atomic mass is 32.2. The van der Waals surface area contributed by atoms with E-state index < -0.39 is 23.5 Å². The zero-order valence-corrected chi connectivity index (χ0v) is 20.0. The van der Waals surface area contributed by atoms with Gasteiger partial charge in [0.2, 0.25) is 5.91 Å². The largest absolute Gasteiger partial charge is 0.497 e. The second kappa shape index (κ2) is 11.4. The summed E-state index contributed by atoms with van der Waals surface area (Å²) < 4.78 is 6.67. The predicted octanol–water partition coefficient (Wildman–Crippen LogP) is 2.23. The molecule has 12 nitrogen and oxygen atoms in total. The van der Waals surface area contributed by atoms with Gasteiger partial charge in [-0.2, -0.15) is 0 Å². The summed E-state index contributed by atoms with van der Waals surface area (Å²) in [6.07, 6.45) is 0. The Morgan fingerprint density at radius 2 is 1.94 bits per heavy atom. The number of ether oxygens (including phenoxy) is 1. The third-order valence-electron chi connectivity index (χ3n) is 5.05. The first-order chi connectivity index (χ1) is 16.7. The van der Waals surface area contributed by atoms with Gasteiger partial charge in [-0.25, -0.2) is 0 Å². The molecule has 0 aliphatic carbocycles. The third kappa shape index (κ3) is 6.33. The first kappa shape index (κ1) is 25.6. The first-order valence-electron chi connectivity index (χ1n) is 10.4.